The summed E-state index contributed by atoms with van der Waals surface area (Å²) in [6.07, 6.45) is 1.75. The first-order chi connectivity index (χ1) is 10.7. The maximum absolute atomic E-state index is 12.6. The summed E-state index contributed by atoms with van der Waals surface area (Å²) in [5, 5.41) is 3.36. The lowest BCUT2D eigenvalue weighted by atomic mass is 10.2. The molecule has 2 saturated heterocycles. The van der Waals surface area contributed by atoms with E-state index in [1.54, 1.807) is 0 Å². The predicted octanol–water partition coefficient (Wildman–Crippen LogP) is 0.0570. The summed E-state index contributed by atoms with van der Waals surface area (Å²) in [7, 11) is 0. The van der Waals surface area contributed by atoms with Gasteiger partial charge in [-0.15, -0.1) is 0 Å². The van der Waals surface area contributed by atoms with E-state index in [1.165, 1.54) is 6.07 Å². The summed E-state index contributed by atoms with van der Waals surface area (Å²) in [6, 6.07) is 3.68. The van der Waals surface area contributed by atoms with Gasteiger partial charge in [-0.05, 0) is 18.9 Å². The number of H-pyrrole nitrogens is 1. The Morgan fingerprint density at radius 3 is 2.77 bits per heavy atom. The van der Waals surface area contributed by atoms with Gasteiger partial charge in [0, 0.05) is 62.6 Å². The van der Waals surface area contributed by atoms with Gasteiger partial charge in [0.05, 0.1) is 0 Å². The van der Waals surface area contributed by atoms with Crippen LogP contribution in [0, 0.1) is 0 Å². The molecule has 22 heavy (non-hydrogen) atoms. The van der Waals surface area contributed by atoms with Crippen LogP contribution < -0.4 is 10.9 Å². The lowest BCUT2D eigenvalue weighted by molar-refractivity contribution is 0.0773. The van der Waals surface area contributed by atoms with Crippen molar-refractivity contribution in [2.75, 3.05) is 39.3 Å². The Balaban J connectivity index is 1.68. The van der Waals surface area contributed by atoms with Crippen LogP contribution in [-0.2, 0) is 6.42 Å². The number of aromatic amines is 1. The molecular weight excluding hydrogens is 280 g/mol. The molecule has 0 saturated carbocycles. The van der Waals surface area contributed by atoms with E-state index in [1.807, 2.05) is 17.9 Å². The van der Waals surface area contributed by atoms with Gasteiger partial charge < -0.3 is 15.2 Å². The fourth-order valence-electron chi connectivity index (χ4n) is 3.37. The third kappa shape index (κ3) is 3.23. The maximum Gasteiger partial charge on any atom is 0.254 e. The highest BCUT2D eigenvalue weighted by molar-refractivity contribution is 5.94. The molecule has 0 radical (unpaired) electrons. The number of carbonyl (C=O) groups is 1. The minimum Gasteiger partial charge on any atom is -0.337 e. The Morgan fingerprint density at radius 2 is 2.05 bits per heavy atom. The second-order valence-electron chi connectivity index (χ2n) is 6.09. The van der Waals surface area contributed by atoms with Crippen molar-refractivity contribution in [2.24, 2.45) is 0 Å². The highest BCUT2D eigenvalue weighted by Gasteiger charge is 2.31. The number of hydrogen-bond donors (Lipinski definition) is 2. The number of aromatic nitrogens is 1. The molecule has 2 N–H and O–H groups in total. The van der Waals surface area contributed by atoms with Crippen LogP contribution in [0.5, 0.6) is 0 Å². The molecule has 0 aromatic carbocycles. The van der Waals surface area contributed by atoms with Crippen LogP contribution in [0.25, 0.3) is 0 Å². The van der Waals surface area contributed by atoms with Crippen LogP contribution in [0.1, 0.15) is 29.4 Å². The zero-order valence-electron chi connectivity index (χ0n) is 13.1. The summed E-state index contributed by atoms with van der Waals surface area (Å²) < 4.78 is 0. The standard InChI is InChI=1S/C16H24N4O2/c1-2-13-9-12(10-15(21)18-13)16(22)20-6-3-14(11-20)19-7-4-17-5-8-19/h9-10,14,17H,2-8,11H2,1H3,(H,18,21). The first-order valence-corrected chi connectivity index (χ1v) is 8.14. The normalized spacial score (nSPS) is 23.0. The van der Waals surface area contributed by atoms with Crippen molar-refractivity contribution in [1.82, 2.24) is 20.1 Å². The third-order valence-electron chi connectivity index (χ3n) is 4.65. The fourth-order valence-corrected chi connectivity index (χ4v) is 3.37. The highest BCUT2D eigenvalue weighted by atomic mass is 16.2. The minimum atomic E-state index is -0.194. The summed E-state index contributed by atoms with van der Waals surface area (Å²) >= 11 is 0. The zero-order chi connectivity index (χ0) is 15.5. The van der Waals surface area contributed by atoms with E-state index in [-0.39, 0.29) is 11.5 Å². The molecule has 1 atom stereocenters. The van der Waals surface area contributed by atoms with Crippen molar-refractivity contribution >= 4 is 5.91 Å². The Bertz CT molecular complexity index is 592. The number of amides is 1. The van der Waals surface area contributed by atoms with Gasteiger partial charge in [-0.2, -0.15) is 0 Å². The number of piperazine rings is 1. The number of aryl methyl sites for hydroxylation is 1. The molecule has 2 fully saturated rings. The molecular formula is C16H24N4O2. The molecule has 3 heterocycles. The molecule has 0 bridgehead atoms. The van der Waals surface area contributed by atoms with Crippen molar-refractivity contribution < 1.29 is 4.79 Å². The molecule has 0 aliphatic carbocycles. The van der Waals surface area contributed by atoms with Gasteiger partial charge in [-0.25, -0.2) is 0 Å². The van der Waals surface area contributed by atoms with Crippen molar-refractivity contribution in [3.63, 3.8) is 0 Å². The highest BCUT2D eigenvalue weighted by Crippen LogP contribution is 2.18. The first-order valence-electron chi connectivity index (χ1n) is 8.14. The third-order valence-corrected chi connectivity index (χ3v) is 4.65. The number of pyridine rings is 1. The molecule has 1 aromatic heterocycles. The fraction of sp³-hybridized carbons (Fsp3) is 0.625. The van der Waals surface area contributed by atoms with Gasteiger partial charge in [-0.3, -0.25) is 14.5 Å². The molecule has 3 rings (SSSR count). The van der Waals surface area contributed by atoms with Crippen LogP contribution >= 0.6 is 0 Å². The quantitative estimate of drug-likeness (QED) is 0.828. The molecule has 1 amide bonds. The first kappa shape index (κ1) is 15.2. The number of rotatable bonds is 3. The van der Waals surface area contributed by atoms with Crippen LogP contribution in [0.3, 0.4) is 0 Å². The summed E-state index contributed by atoms with van der Waals surface area (Å²) in [6.45, 7) is 7.68. The average Bonchev–Trinajstić information content (AvgIpc) is 3.04. The molecule has 6 heteroatoms. The number of carbonyl (C=O) groups excluding carboxylic acids is 1. The van der Waals surface area contributed by atoms with Gasteiger partial charge in [0.2, 0.25) is 5.56 Å². The van der Waals surface area contributed by atoms with E-state index in [0.717, 1.165) is 57.8 Å². The largest absolute Gasteiger partial charge is 0.337 e. The van der Waals surface area contributed by atoms with Crippen LogP contribution in [0.4, 0.5) is 0 Å². The van der Waals surface area contributed by atoms with Gasteiger partial charge in [0.15, 0.2) is 0 Å². The monoisotopic (exact) mass is 304 g/mol. The topological polar surface area (TPSA) is 68.4 Å². The average molecular weight is 304 g/mol. The Labute approximate surface area is 130 Å². The Morgan fingerprint density at radius 1 is 1.27 bits per heavy atom. The summed E-state index contributed by atoms with van der Waals surface area (Å²) in [4.78, 5) is 31.4. The van der Waals surface area contributed by atoms with Crippen molar-refractivity contribution in [1.29, 1.82) is 0 Å². The van der Waals surface area contributed by atoms with E-state index in [0.29, 0.717) is 11.6 Å². The summed E-state index contributed by atoms with van der Waals surface area (Å²) in [5.41, 5.74) is 1.14. The number of nitrogens with one attached hydrogen (secondary N) is 2. The molecule has 120 valence electrons. The van der Waals surface area contributed by atoms with E-state index in [4.69, 9.17) is 0 Å². The SMILES string of the molecule is CCc1cc(C(=O)N2CCC(N3CCNCC3)C2)cc(=O)[nH]1. The maximum atomic E-state index is 12.6. The summed E-state index contributed by atoms with van der Waals surface area (Å²) in [5.74, 6) is -0.0153. The lowest BCUT2D eigenvalue weighted by Gasteiger charge is -2.32. The van der Waals surface area contributed by atoms with Gasteiger partial charge in [0.1, 0.15) is 0 Å². The van der Waals surface area contributed by atoms with E-state index in [2.05, 4.69) is 15.2 Å². The Hall–Kier alpha value is -1.66. The minimum absolute atomic E-state index is 0.0153. The van der Waals surface area contributed by atoms with Gasteiger partial charge >= 0.3 is 0 Å². The second kappa shape index (κ2) is 6.62. The molecule has 2 aliphatic rings. The van der Waals surface area contributed by atoms with Gasteiger partial charge in [-0.1, -0.05) is 6.92 Å². The molecule has 1 aromatic rings. The molecule has 2 aliphatic heterocycles. The number of nitrogens with zero attached hydrogens (tertiary/aromatic N) is 2. The van der Waals surface area contributed by atoms with Crippen LogP contribution in [-0.4, -0.2) is 66.0 Å². The van der Waals surface area contributed by atoms with E-state index in [9.17, 15) is 9.59 Å². The van der Waals surface area contributed by atoms with Crippen molar-refractivity contribution in [3.05, 3.63) is 33.7 Å². The van der Waals surface area contributed by atoms with Crippen LogP contribution in [0.2, 0.25) is 0 Å². The van der Waals surface area contributed by atoms with E-state index < -0.39 is 0 Å². The Kier molecular flexibility index (Phi) is 4.59. The van der Waals surface area contributed by atoms with Crippen LogP contribution in [0.15, 0.2) is 16.9 Å². The van der Waals surface area contributed by atoms with Gasteiger partial charge in [0.25, 0.3) is 5.91 Å². The van der Waals surface area contributed by atoms with Crippen molar-refractivity contribution in [3.8, 4) is 0 Å². The number of likely N-dealkylation sites (tertiary alicyclic amines) is 1. The second-order valence-corrected chi connectivity index (χ2v) is 6.09. The predicted molar refractivity (Wildman–Crippen MR) is 85.2 cm³/mol. The van der Waals surface area contributed by atoms with E-state index >= 15 is 0 Å². The smallest absolute Gasteiger partial charge is 0.254 e. The molecule has 1 unspecified atom stereocenters. The molecule has 0 spiro atoms. The number of hydrogen-bond acceptors (Lipinski definition) is 4. The molecule has 6 nitrogen and oxygen atoms in total. The van der Waals surface area contributed by atoms with Crippen molar-refractivity contribution in [2.45, 2.75) is 25.8 Å². The zero-order valence-corrected chi connectivity index (χ0v) is 13.1. The lowest BCUT2D eigenvalue weighted by Crippen LogP contribution is -2.49.